The number of aromatic nitrogens is 1. The van der Waals surface area contributed by atoms with Gasteiger partial charge in [0.15, 0.2) is 0 Å². The van der Waals surface area contributed by atoms with Crippen LogP contribution >= 0.6 is 11.3 Å². The van der Waals surface area contributed by atoms with Crippen LogP contribution < -0.4 is 10.6 Å². The maximum Gasteiger partial charge on any atom is 0.315 e. The third-order valence-corrected chi connectivity index (χ3v) is 5.06. The van der Waals surface area contributed by atoms with Crippen molar-refractivity contribution in [1.82, 2.24) is 15.6 Å². The molecule has 128 valence electrons. The molecule has 1 heterocycles. The number of urea groups is 1. The summed E-state index contributed by atoms with van der Waals surface area (Å²) in [7, 11) is 0. The van der Waals surface area contributed by atoms with Crippen molar-refractivity contribution < 1.29 is 4.79 Å². The summed E-state index contributed by atoms with van der Waals surface area (Å²) < 4.78 is 0. The first kappa shape index (κ1) is 17.2. The number of nitrogens with one attached hydrogen (secondary N) is 2. The van der Waals surface area contributed by atoms with Crippen molar-refractivity contribution in [3.8, 4) is 10.6 Å². The van der Waals surface area contributed by atoms with E-state index in [4.69, 9.17) is 0 Å². The Morgan fingerprint density at radius 2 is 1.76 bits per heavy atom. The standard InChI is InChI=1S/C20H21N3OS/c1-14-7-6-8-16(11-14)12-21-20(24)22-13-18-15(2)23-19(25-18)17-9-4-3-5-10-17/h3-11H,12-13H2,1-2H3,(H2,21,22,24). The number of nitrogens with zero attached hydrogens (tertiary/aromatic N) is 1. The van der Waals surface area contributed by atoms with Crippen LogP contribution in [0.15, 0.2) is 54.6 Å². The van der Waals surface area contributed by atoms with Crippen LogP contribution in [0.1, 0.15) is 21.7 Å². The molecule has 2 N–H and O–H groups in total. The average Bonchev–Trinajstić information content (AvgIpc) is 3.00. The highest BCUT2D eigenvalue weighted by Gasteiger charge is 2.10. The SMILES string of the molecule is Cc1cccc(CNC(=O)NCc2sc(-c3ccccc3)nc2C)c1. The Balaban J connectivity index is 1.55. The highest BCUT2D eigenvalue weighted by atomic mass is 32.1. The van der Waals surface area contributed by atoms with E-state index in [1.165, 1.54) is 5.56 Å². The summed E-state index contributed by atoms with van der Waals surface area (Å²) in [6.07, 6.45) is 0. The van der Waals surface area contributed by atoms with E-state index < -0.39 is 0 Å². The second-order valence-corrected chi connectivity index (χ2v) is 7.00. The summed E-state index contributed by atoms with van der Waals surface area (Å²) in [6.45, 7) is 5.02. The van der Waals surface area contributed by atoms with Gasteiger partial charge in [-0.15, -0.1) is 11.3 Å². The van der Waals surface area contributed by atoms with Gasteiger partial charge >= 0.3 is 6.03 Å². The van der Waals surface area contributed by atoms with Crippen molar-refractivity contribution in [3.05, 3.63) is 76.3 Å². The van der Waals surface area contributed by atoms with E-state index in [0.29, 0.717) is 13.1 Å². The molecule has 3 rings (SSSR count). The van der Waals surface area contributed by atoms with Gasteiger partial charge in [0, 0.05) is 17.0 Å². The summed E-state index contributed by atoms with van der Waals surface area (Å²) in [5.74, 6) is 0. The Morgan fingerprint density at radius 3 is 2.52 bits per heavy atom. The summed E-state index contributed by atoms with van der Waals surface area (Å²) in [6, 6.07) is 18.0. The van der Waals surface area contributed by atoms with Crippen LogP contribution in [0.2, 0.25) is 0 Å². The zero-order valence-corrected chi connectivity index (χ0v) is 15.2. The second-order valence-electron chi connectivity index (χ2n) is 5.92. The third-order valence-electron chi connectivity index (χ3n) is 3.86. The Labute approximate surface area is 151 Å². The van der Waals surface area contributed by atoms with Crippen molar-refractivity contribution in [2.45, 2.75) is 26.9 Å². The molecule has 2 amide bonds. The first-order valence-corrected chi connectivity index (χ1v) is 9.02. The fourth-order valence-corrected chi connectivity index (χ4v) is 3.53. The molecule has 4 nitrogen and oxygen atoms in total. The van der Waals surface area contributed by atoms with E-state index >= 15 is 0 Å². The molecule has 0 atom stereocenters. The largest absolute Gasteiger partial charge is 0.334 e. The number of benzene rings is 2. The van der Waals surface area contributed by atoms with Crippen LogP contribution in [-0.4, -0.2) is 11.0 Å². The molecule has 2 aromatic carbocycles. The lowest BCUT2D eigenvalue weighted by molar-refractivity contribution is 0.240. The number of hydrogen-bond acceptors (Lipinski definition) is 3. The summed E-state index contributed by atoms with van der Waals surface area (Å²) in [5, 5.41) is 6.78. The predicted molar refractivity (Wildman–Crippen MR) is 103 cm³/mol. The fraction of sp³-hybridized carbons (Fsp3) is 0.200. The molecule has 0 aliphatic carbocycles. The zero-order valence-electron chi connectivity index (χ0n) is 14.4. The molecule has 0 saturated heterocycles. The Morgan fingerprint density at radius 1 is 1.00 bits per heavy atom. The summed E-state index contributed by atoms with van der Waals surface area (Å²) in [4.78, 5) is 17.7. The average molecular weight is 351 g/mol. The minimum absolute atomic E-state index is 0.171. The quantitative estimate of drug-likeness (QED) is 0.715. The van der Waals surface area contributed by atoms with Crippen molar-refractivity contribution >= 4 is 17.4 Å². The van der Waals surface area contributed by atoms with E-state index in [0.717, 1.165) is 26.7 Å². The lowest BCUT2D eigenvalue weighted by Crippen LogP contribution is -2.34. The number of aryl methyl sites for hydroxylation is 2. The maximum atomic E-state index is 12.0. The molecule has 5 heteroatoms. The molecule has 0 aliphatic heterocycles. The minimum atomic E-state index is -0.171. The summed E-state index contributed by atoms with van der Waals surface area (Å²) in [5.41, 5.74) is 4.34. The monoisotopic (exact) mass is 351 g/mol. The predicted octanol–water partition coefficient (Wildman–Crippen LogP) is 4.43. The van der Waals surface area contributed by atoms with Gasteiger partial charge in [0.1, 0.15) is 5.01 Å². The van der Waals surface area contributed by atoms with Crippen molar-refractivity contribution in [2.75, 3.05) is 0 Å². The number of carbonyl (C=O) groups is 1. The molecule has 0 saturated carbocycles. The molecule has 0 radical (unpaired) electrons. The van der Waals surface area contributed by atoms with E-state index in [1.54, 1.807) is 11.3 Å². The van der Waals surface area contributed by atoms with Crippen LogP contribution in [0.3, 0.4) is 0 Å². The number of carbonyl (C=O) groups excluding carboxylic acids is 1. The van der Waals surface area contributed by atoms with Crippen molar-refractivity contribution in [3.63, 3.8) is 0 Å². The molecule has 0 aliphatic rings. The van der Waals surface area contributed by atoms with Gasteiger partial charge in [0.2, 0.25) is 0 Å². The smallest absolute Gasteiger partial charge is 0.315 e. The topological polar surface area (TPSA) is 54.0 Å². The van der Waals surface area contributed by atoms with Gasteiger partial charge in [-0.25, -0.2) is 9.78 Å². The first-order valence-electron chi connectivity index (χ1n) is 8.21. The molecule has 1 aromatic heterocycles. The van der Waals surface area contributed by atoms with E-state index in [2.05, 4.69) is 21.7 Å². The van der Waals surface area contributed by atoms with Crippen molar-refractivity contribution in [2.24, 2.45) is 0 Å². The van der Waals surface area contributed by atoms with Crippen LogP contribution in [0.25, 0.3) is 10.6 Å². The lowest BCUT2D eigenvalue weighted by Gasteiger charge is -2.07. The number of thiazole rings is 1. The third kappa shape index (κ3) is 4.67. The van der Waals surface area contributed by atoms with Gasteiger partial charge in [-0.1, -0.05) is 60.2 Å². The second kappa shape index (κ2) is 7.94. The zero-order chi connectivity index (χ0) is 17.6. The van der Waals surface area contributed by atoms with Gasteiger partial charge in [-0.3, -0.25) is 0 Å². The molecule has 3 aromatic rings. The number of rotatable bonds is 5. The normalized spacial score (nSPS) is 10.5. The highest BCUT2D eigenvalue weighted by Crippen LogP contribution is 2.27. The molecular weight excluding hydrogens is 330 g/mol. The number of hydrogen-bond donors (Lipinski definition) is 2. The van der Waals surface area contributed by atoms with Gasteiger partial charge in [-0.2, -0.15) is 0 Å². The lowest BCUT2D eigenvalue weighted by atomic mass is 10.1. The van der Waals surface area contributed by atoms with Gasteiger partial charge in [0.05, 0.1) is 12.2 Å². The van der Waals surface area contributed by atoms with E-state index in [1.807, 2.05) is 62.4 Å². The van der Waals surface area contributed by atoms with Crippen LogP contribution in [0.5, 0.6) is 0 Å². The van der Waals surface area contributed by atoms with E-state index in [9.17, 15) is 4.79 Å². The molecular formula is C20H21N3OS. The first-order chi connectivity index (χ1) is 12.1. The minimum Gasteiger partial charge on any atom is -0.334 e. The number of amides is 2. The van der Waals surface area contributed by atoms with Crippen LogP contribution in [0.4, 0.5) is 4.79 Å². The Hall–Kier alpha value is -2.66. The molecule has 0 spiro atoms. The Bertz CT molecular complexity index is 858. The maximum absolute atomic E-state index is 12.0. The Kier molecular flexibility index (Phi) is 5.46. The van der Waals surface area contributed by atoms with Gasteiger partial charge in [0.25, 0.3) is 0 Å². The molecule has 0 fully saturated rings. The van der Waals surface area contributed by atoms with Crippen molar-refractivity contribution in [1.29, 1.82) is 0 Å². The molecule has 25 heavy (non-hydrogen) atoms. The highest BCUT2D eigenvalue weighted by molar-refractivity contribution is 7.15. The molecule has 0 unspecified atom stereocenters. The van der Waals surface area contributed by atoms with Gasteiger partial charge < -0.3 is 10.6 Å². The molecule has 0 bridgehead atoms. The van der Waals surface area contributed by atoms with Crippen LogP contribution in [-0.2, 0) is 13.1 Å². The summed E-state index contributed by atoms with van der Waals surface area (Å²) >= 11 is 1.62. The van der Waals surface area contributed by atoms with Crippen LogP contribution in [0, 0.1) is 13.8 Å². The van der Waals surface area contributed by atoms with E-state index in [-0.39, 0.29) is 6.03 Å². The van der Waals surface area contributed by atoms with Gasteiger partial charge in [-0.05, 0) is 19.4 Å². The fourth-order valence-electron chi connectivity index (χ4n) is 2.52.